The molecule has 1 atom stereocenters. The van der Waals surface area contributed by atoms with Crippen molar-refractivity contribution >= 4 is 51.1 Å². The maximum absolute atomic E-state index is 13.2. The number of aryl methyl sites for hydroxylation is 1. The van der Waals surface area contributed by atoms with Crippen molar-refractivity contribution in [2.45, 2.75) is 31.7 Å². The number of anilines is 1. The van der Waals surface area contributed by atoms with Gasteiger partial charge in [-0.25, -0.2) is 0 Å². The second-order valence-corrected chi connectivity index (χ2v) is 11.9. The molecule has 256 valence electrons. The highest BCUT2D eigenvalue weighted by molar-refractivity contribution is 6.25. The summed E-state index contributed by atoms with van der Waals surface area (Å²) in [5, 5.41) is 10.9. The monoisotopic (exact) mass is 668 g/mol. The summed E-state index contributed by atoms with van der Waals surface area (Å²) in [5.41, 5.74) is 4.83. The van der Waals surface area contributed by atoms with E-state index in [0.29, 0.717) is 89.8 Å². The molecule has 4 amide bonds. The highest BCUT2D eigenvalue weighted by Crippen LogP contribution is 2.33. The molecule has 4 aromatic rings. The number of amides is 4. The first-order valence-corrected chi connectivity index (χ1v) is 16.5. The predicted molar refractivity (Wildman–Crippen MR) is 183 cm³/mol. The number of ether oxygens (including phenoxy) is 3. The molecule has 0 saturated carbocycles. The molecule has 1 unspecified atom stereocenters. The number of fused-ring (bicyclic) bond motifs is 4. The SMILES string of the molecule is C=C1CCC(N2C(=O)c3cccc(NCCOCCOCCOCCNC(=O)CCc4ccc5c(c4)[nH]c4ccncc45)c3C2=O)C(=O)N1. The number of aromatic nitrogens is 2. The molecule has 4 heterocycles. The summed E-state index contributed by atoms with van der Waals surface area (Å²) in [5.74, 6) is -1.37. The number of allylic oxidation sites excluding steroid dienone is 1. The molecule has 0 spiro atoms. The van der Waals surface area contributed by atoms with E-state index in [1.54, 1.807) is 24.4 Å². The van der Waals surface area contributed by atoms with Crippen LogP contribution in [0, 0.1) is 0 Å². The summed E-state index contributed by atoms with van der Waals surface area (Å²) in [6.45, 7) is 6.92. The zero-order valence-electron chi connectivity index (χ0n) is 27.2. The maximum Gasteiger partial charge on any atom is 0.264 e. The number of aromatic amines is 1. The van der Waals surface area contributed by atoms with Crippen molar-refractivity contribution in [3.05, 3.63) is 83.8 Å². The van der Waals surface area contributed by atoms with E-state index in [-0.39, 0.29) is 17.0 Å². The molecule has 2 aromatic carbocycles. The number of hydrogen-bond acceptors (Lipinski definition) is 9. The molecule has 13 nitrogen and oxygen atoms in total. The number of benzene rings is 2. The van der Waals surface area contributed by atoms with E-state index in [1.807, 2.05) is 12.3 Å². The number of piperidine rings is 1. The lowest BCUT2D eigenvalue weighted by Crippen LogP contribution is -2.51. The first-order valence-electron chi connectivity index (χ1n) is 16.5. The maximum atomic E-state index is 13.2. The van der Waals surface area contributed by atoms with Crippen molar-refractivity contribution in [2.75, 3.05) is 58.0 Å². The Morgan fingerprint density at radius 3 is 2.49 bits per heavy atom. The fraction of sp³-hybridized carbons (Fsp3) is 0.361. The van der Waals surface area contributed by atoms with Crippen LogP contribution in [0.4, 0.5) is 5.69 Å². The molecule has 13 heteroatoms. The van der Waals surface area contributed by atoms with Crippen LogP contribution in [0.5, 0.6) is 0 Å². The third-order valence-corrected chi connectivity index (χ3v) is 8.56. The van der Waals surface area contributed by atoms with Gasteiger partial charge in [0.2, 0.25) is 11.8 Å². The van der Waals surface area contributed by atoms with Gasteiger partial charge in [0, 0.05) is 65.1 Å². The van der Waals surface area contributed by atoms with E-state index in [1.165, 1.54) is 0 Å². The number of imide groups is 1. The van der Waals surface area contributed by atoms with E-state index in [9.17, 15) is 19.2 Å². The summed E-state index contributed by atoms with van der Waals surface area (Å²) >= 11 is 0. The number of carbonyl (C=O) groups is 4. The smallest absolute Gasteiger partial charge is 0.264 e. The van der Waals surface area contributed by atoms with E-state index in [0.717, 1.165) is 32.3 Å². The second kappa shape index (κ2) is 15.9. The summed E-state index contributed by atoms with van der Waals surface area (Å²) in [4.78, 5) is 59.6. The van der Waals surface area contributed by atoms with Crippen LogP contribution in [0.2, 0.25) is 0 Å². The lowest BCUT2D eigenvalue weighted by atomic mass is 10.0. The average molecular weight is 669 g/mol. The quantitative estimate of drug-likeness (QED) is 0.0977. The van der Waals surface area contributed by atoms with Gasteiger partial charge < -0.3 is 35.1 Å². The second-order valence-electron chi connectivity index (χ2n) is 11.9. The standard InChI is InChI=1S/C36H40N6O7/c1-23-5-9-31(34(44)40-23)42-35(45)26-3-2-4-29(33(26)36(42)46)38-13-15-47-17-19-49-20-18-48-16-14-39-32(43)10-7-24-6-8-25-27-22-37-12-11-28(27)41-30(25)21-24/h2-4,6,8,11-12,21-22,31,38,41H,1,5,7,9-10,13-20H2,(H,39,43)(H,40,44). The van der Waals surface area contributed by atoms with Gasteiger partial charge >= 0.3 is 0 Å². The molecule has 2 aliphatic rings. The van der Waals surface area contributed by atoms with Gasteiger partial charge in [-0.05, 0) is 49.1 Å². The molecule has 49 heavy (non-hydrogen) atoms. The van der Waals surface area contributed by atoms with E-state index in [4.69, 9.17) is 14.2 Å². The first-order chi connectivity index (χ1) is 23.9. The van der Waals surface area contributed by atoms with Crippen LogP contribution < -0.4 is 16.0 Å². The van der Waals surface area contributed by atoms with Crippen molar-refractivity contribution in [2.24, 2.45) is 0 Å². The Bertz CT molecular complexity index is 1870. The zero-order chi connectivity index (χ0) is 34.2. The largest absolute Gasteiger partial charge is 0.382 e. The highest BCUT2D eigenvalue weighted by atomic mass is 16.5. The van der Waals surface area contributed by atoms with Gasteiger partial charge in [0.05, 0.1) is 50.8 Å². The van der Waals surface area contributed by atoms with Gasteiger partial charge in [-0.15, -0.1) is 0 Å². The minimum absolute atomic E-state index is 0.0217. The van der Waals surface area contributed by atoms with Crippen molar-refractivity contribution in [3.8, 4) is 0 Å². The van der Waals surface area contributed by atoms with Crippen molar-refractivity contribution < 1.29 is 33.4 Å². The molecule has 2 aromatic heterocycles. The Labute approximate surface area is 283 Å². The van der Waals surface area contributed by atoms with Crippen LogP contribution in [-0.2, 0) is 30.2 Å². The summed E-state index contributed by atoms with van der Waals surface area (Å²) in [6, 6.07) is 12.3. The van der Waals surface area contributed by atoms with Crippen LogP contribution in [0.25, 0.3) is 21.8 Å². The van der Waals surface area contributed by atoms with Crippen LogP contribution in [0.1, 0.15) is 45.5 Å². The fourth-order valence-electron chi connectivity index (χ4n) is 6.10. The van der Waals surface area contributed by atoms with Crippen molar-refractivity contribution in [1.82, 2.24) is 25.5 Å². The normalized spacial score (nSPS) is 16.0. The molecule has 6 rings (SSSR count). The van der Waals surface area contributed by atoms with Crippen LogP contribution in [0.15, 0.2) is 67.1 Å². The molecule has 0 bridgehead atoms. The molecule has 4 N–H and O–H groups in total. The third kappa shape index (κ3) is 7.96. The molecular formula is C36H40N6O7. The lowest BCUT2D eigenvalue weighted by molar-refractivity contribution is -0.125. The van der Waals surface area contributed by atoms with Crippen LogP contribution in [-0.4, -0.2) is 97.3 Å². The summed E-state index contributed by atoms with van der Waals surface area (Å²) in [6.07, 6.45) is 5.52. The summed E-state index contributed by atoms with van der Waals surface area (Å²) < 4.78 is 16.7. The van der Waals surface area contributed by atoms with Crippen LogP contribution in [0.3, 0.4) is 0 Å². The first kappa shape index (κ1) is 33.8. The Morgan fingerprint density at radius 1 is 0.918 bits per heavy atom. The van der Waals surface area contributed by atoms with Gasteiger partial charge in [0.25, 0.3) is 11.8 Å². The number of carbonyl (C=O) groups excluding carboxylic acids is 4. The molecule has 2 aliphatic heterocycles. The Morgan fingerprint density at radius 2 is 1.69 bits per heavy atom. The number of hydrogen-bond donors (Lipinski definition) is 4. The highest BCUT2D eigenvalue weighted by Gasteiger charge is 2.45. The molecule has 0 aliphatic carbocycles. The molecule has 1 saturated heterocycles. The average Bonchev–Trinajstić information content (AvgIpc) is 3.59. The topological polar surface area (TPSA) is 164 Å². The van der Waals surface area contributed by atoms with Gasteiger partial charge in [-0.2, -0.15) is 0 Å². The Hall–Kier alpha value is -5.11. The molecular weight excluding hydrogens is 628 g/mol. The predicted octanol–water partition coefficient (Wildman–Crippen LogP) is 3.32. The van der Waals surface area contributed by atoms with E-state index in [2.05, 4.69) is 50.7 Å². The number of rotatable bonds is 17. The van der Waals surface area contributed by atoms with Gasteiger partial charge in [0.15, 0.2) is 0 Å². The molecule has 1 fully saturated rings. The Balaban J connectivity index is 0.790. The van der Waals surface area contributed by atoms with E-state index < -0.39 is 23.8 Å². The van der Waals surface area contributed by atoms with E-state index >= 15 is 0 Å². The van der Waals surface area contributed by atoms with Crippen molar-refractivity contribution in [3.63, 3.8) is 0 Å². The minimum Gasteiger partial charge on any atom is -0.382 e. The number of H-pyrrole nitrogens is 1. The minimum atomic E-state index is -0.853. The van der Waals surface area contributed by atoms with Crippen molar-refractivity contribution in [1.29, 1.82) is 0 Å². The van der Waals surface area contributed by atoms with Gasteiger partial charge in [0.1, 0.15) is 6.04 Å². The van der Waals surface area contributed by atoms with Crippen LogP contribution >= 0.6 is 0 Å². The Kier molecular flexibility index (Phi) is 10.9. The third-order valence-electron chi connectivity index (χ3n) is 8.56. The number of pyridine rings is 1. The number of nitrogens with one attached hydrogen (secondary N) is 4. The number of nitrogens with zero attached hydrogens (tertiary/aromatic N) is 2. The van der Waals surface area contributed by atoms with Gasteiger partial charge in [-0.3, -0.25) is 29.1 Å². The zero-order valence-corrected chi connectivity index (χ0v) is 27.2. The fourth-order valence-corrected chi connectivity index (χ4v) is 6.10. The summed E-state index contributed by atoms with van der Waals surface area (Å²) in [7, 11) is 0. The lowest BCUT2D eigenvalue weighted by Gasteiger charge is -2.29. The molecule has 0 radical (unpaired) electrons. The van der Waals surface area contributed by atoms with Gasteiger partial charge in [-0.1, -0.05) is 24.8 Å².